The quantitative estimate of drug-likeness (QED) is 0.232. The van der Waals surface area contributed by atoms with Gasteiger partial charge < -0.3 is 4.55 Å². The Balaban J connectivity index is 0.00000169. The van der Waals surface area contributed by atoms with E-state index < -0.39 is 19.9 Å². The number of benzene rings is 1. The Morgan fingerprint density at radius 3 is 1.86 bits per heavy atom. The van der Waals surface area contributed by atoms with Crippen LogP contribution < -0.4 is 18.9 Å². The van der Waals surface area contributed by atoms with Crippen LogP contribution in [0, 0.1) is 10.1 Å². The summed E-state index contributed by atoms with van der Waals surface area (Å²) in [5.41, 5.74) is -0.257. The van der Waals surface area contributed by atoms with Crippen LogP contribution in [0.2, 0.25) is 0 Å². The largest absolute Gasteiger partial charge is 1.00 e. The molecule has 0 heterocycles. The van der Waals surface area contributed by atoms with Crippen molar-refractivity contribution in [1.29, 1.82) is 0 Å². The predicted molar refractivity (Wildman–Crippen MR) is 41.1 cm³/mol. The third kappa shape index (κ3) is 3.12. The molecule has 0 aliphatic heterocycles. The summed E-state index contributed by atoms with van der Waals surface area (Å²) in [6.45, 7) is 0. The van der Waals surface area contributed by atoms with E-state index in [1.54, 1.807) is 0 Å². The van der Waals surface area contributed by atoms with Gasteiger partial charge >= 0.3 is 18.9 Å². The van der Waals surface area contributed by atoms with Crippen LogP contribution in [0.1, 0.15) is 0 Å². The van der Waals surface area contributed by atoms with Crippen LogP contribution in [-0.4, -0.2) is 17.9 Å². The zero-order valence-electron chi connectivity index (χ0n) is 7.21. The molecule has 6 nitrogen and oxygen atoms in total. The van der Waals surface area contributed by atoms with Gasteiger partial charge in [-0.15, -0.1) is 0 Å². The molecule has 0 radical (unpaired) electrons. The molecule has 0 atom stereocenters. The van der Waals surface area contributed by atoms with Crippen molar-refractivity contribution in [2.75, 3.05) is 0 Å². The summed E-state index contributed by atoms with van der Waals surface area (Å²) >= 11 is 0. The zero-order valence-corrected chi connectivity index (χ0v) is 8.02. The number of hydrogen-bond donors (Lipinski definition) is 0. The zero-order chi connectivity index (χ0) is 10.1. The standard InChI is InChI=1S/C6H5NO5S.Li/c8-7(9)5-1-3-6(4-2-5)13(10,11)12;/h1-4H,(H,10,11,12);/q;+1/p-1. The minimum Gasteiger partial charge on any atom is -0.744 e. The Labute approximate surface area is 92.0 Å². The van der Waals surface area contributed by atoms with Crippen molar-refractivity contribution in [3.05, 3.63) is 34.4 Å². The molecule has 0 N–H and O–H groups in total. The molecule has 1 aromatic rings. The molecule has 0 fully saturated rings. The minimum absolute atomic E-state index is 0. The normalized spacial score (nSPS) is 10.4. The molecule has 0 spiro atoms. The Morgan fingerprint density at radius 1 is 1.14 bits per heavy atom. The molecule has 0 saturated carbocycles. The van der Waals surface area contributed by atoms with Gasteiger partial charge in [-0.2, -0.15) is 0 Å². The van der Waals surface area contributed by atoms with Gasteiger partial charge in [0, 0.05) is 12.1 Å². The van der Waals surface area contributed by atoms with Crippen LogP contribution in [0.4, 0.5) is 5.69 Å². The second kappa shape index (κ2) is 4.57. The first-order valence-electron chi connectivity index (χ1n) is 3.11. The van der Waals surface area contributed by atoms with Crippen LogP contribution in [0.25, 0.3) is 0 Å². The number of nitro groups is 1. The van der Waals surface area contributed by atoms with Crippen molar-refractivity contribution in [1.82, 2.24) is 0 Å². The van der Waals surface area contributed by atoms with Crippen LogP contribution >= 0.6 is 0 Å². The summed E-state index contributed by atoms with van der Waals surface area (Å²) in [5, 5.41) is 10.1. The Bertz CT molecular complexity index is 426. The Kier molecular flexibility index (Phi) is 4.28. The molecule has 0 bridgehead atoms. The Hall–Kier alpha value is -0.873. The van der Waals surface area contributed by atoms with Crippen molar-refractivity contribution in [2.45, 2.75) is 4.90 Å². The predicted octanol–water partition coefficient (Wildman–Crippen LogP) is -2.50. The van der Waals surface area contributed by atoms with Gasteiger partial charge in [-0.05, 0) is 12.1 Å². The van der Waals surface area contributed by atoms with Gasteiger partial charge in [0.1, 0.15) is 10.1 Å². The van der Waals surface area contributed by atoms with E-state index in [0.29, 0.717) is 0 Å². The van der Waals surface area contributed by atoms with Crippen molar-refractivity contribution in [3.63, 3.8) is 0 Å². The summed E-state index contributed by atoms with van der Waals surface area (Å²) in [6.07, 6.45) is 0. The van der Waals surface area contributed by atoms with Gasteiger partial charge in [-0.25, -0.2) is 8.42 Å². The molecular formula is C6H4LiNO5S. The fourth-order valence-corrected chi connectivity index (χ4v) is 1.20. The van der Waals surface area contributed by atoms with E-state index >= 15 is 0 Å². The van der Waals surface area contributed by atoms with E-state index in [1.807, 2.05) is 0 Å². The number of nitro benzene ring substituents is 1. The molecule has 0 amide bonds. The average Bonchev–Trinajstić information content (AvgIpc) is 2.03. The third-order valence-electron chi connectivity index (χ3n) is 1.34. The second-order valence-corrected chi connectivity index (χ2v) is 3.58. The van der Waals surface area contributed by atoms with Gasteiger partial charge in [-0.1, -0.05) is 0 Å². The van der Waals surface area contributed by atoms with Crippen LogP contribution in [0.5, 0.6) is 0 Å². The molecule has 70 valence electrons. The SMILES string of the molecule is O=[N+]([O-])c1ccc(S(=O)(=O)[O-])cc1.[Li+]. The molecule has 0 unspecified atom stereocenters. The molecule has 1 aromatic carbocycles. The van der Waals surface area contributed by atoms with E-state index in [2.05, 4.69) is 0 Å². The fraction of sp³-hybridized carbons (Fsp3) is 0. The van der Waals surface area contributed by atoms with E-state index in [1.165, 1.54) is 0 Å². The smallest absolute Gasteiger partial charge is 0.744 e. The molecule has 0 aromatic heterocycles. The number of hydrogen-bond acceptors (Lipinski definition) is 5. The van der Waals surface area contributed by atoms with Crippen LogP contribution in [0.3, 0.4) is 0 Å². The number of rotatable bonds is 2. The molecule has 0 saturated heterocycles. The summed E-state index contributed by atoms with van der Waals surface area (Å²) in [5.74, 6) is 0. The third-order valence-corrected chi connectivity index (χ3v) is 2.19. The van der Waals surface area contributed by atoms with Crippen LogP contribution in [0.15, 0.2) is 29.2 Å². The maximum atomic E-state index is 10.4. The summed E-state index contributed by atoms with van der Waals surface area (Å²) in [6, 6.07) is 3.73. The summed E-state index contributed by atoms with van der Waals surface area (Å²) in [4.78, 5) is 8.99. The molecule has 8 heteroatoms. The first-order chi connectivity index (χ1) is 5.91. The topological polar surface area (TPSA) is 100 Å². The van der Waals surface area contributed by atoms with Gasteiger partial charge in [0.2, 0.25) is 0 Å². The van der Waals surface area contributed by atoms with E-state index in [-0.39, 0.29) is 24.5 Å². The summed E-state index contributed by atoms with van der Waals surface area (Å²) in [7, 11) is -4.52. The average molecular weight is 209 g/mol. The molecule has 14 heavy (non-hydrogen) atoms. The fourth-order valence-electron chi connectivity index (χ4n) is 0.735. The van der Waals surface area contributed by atoms with Gasteiger partial charge in [0.15, 0.2) is 0 Å². The first kappa shape index (κ1) is 13.1. The van der Waals surface area contributed by atoms with Crippen molar-refractivity contribution in [3.8, 4) is 0 Å². The van der Waals surface area contributed by atoms with Crippen molar-refractivity contribution < 1.29 is 36.8 Å². The molecule has 0 aliphatic rings. The van der Waals surface area contributed by atoms with Gasteiger partial charge in [0.25, 0.3) is 5.69 Å². The van der Waals surface area contributed by atoms with E-state index in [9.17, 15) is 23.1 Å². The molecular weight excluding hydrogens is 205 g/mol. The van der Waals surface area contributed by atoms with Gasteiger partial charge in [0.05, 0.1) is 9.82 Å². The molecule has 0 aliphatic carbocycles. The number of nitrogens with zero attached hydrogens (tertiary/aromatic N) is 1. The second-order valence-electron chi connectivity index (χ2n) is 2.21. The van der Waals surface area contributed by atoms with E-state index in [4.69, 9.17) is 0 Å². The summed E-state index contributed by atoms with van der Waals surface area (Å²) < 4.78 is 31.2. The Morgan fingerprint density at radius 2 is 1.57 bits per heavy atom. The minimum atomic E-state index is -4.52. The number of non-ortho nitro benzene ring substituents is 1. The molecule has 1 rings (SSSR count). The monoisotopic (exact) mass is 209 g/mol. The maximum absolute atomic E-state index is 10.4. The van der Waals surface area contributed by atoms with E-state index in [0.717, 1.165) is 24.3 Å². The first-order valence-corrected chi connectivity index (χ1v) is 4.52. The van der Waals surface area contributed by atoms with Crippen LogP contribution in [-0.2, 0) is 10.1 Å². The van der Waals surface area contributed by atoms with Gasteiger partial charge in [-0.3, -0.25) is 10.1 Å². The van der Waals surface area contributed by atoms with Crippen molar-refractivity contribution >= 4 is 15.8 Å². The van der Waals surface area contributed by atoms with Crippen molar-refractivity contribution in [2.24, 2.45) is 0 Å². The maximum Gasteiger partial charge on any atom is 1.00 e.